The van der Waals surface area contributed by atoms with Crippen molar-refractivity contribution in [3.8, 4) is 0 Å². The number of fused-ring (bicyclic) bond motifs is 12. The molecule has 6 heterocycles. The van der Waals surface area contributed by atoms with Gasteiger partial charge in [-0.2, -0.15) is 0 Å². The third-order valence-corrected chi connectivity index (χ3v) is 23.3. The topological polar surface area (TPSA) is 184 Å². The highest BCUT2D eigenvalue weighted by Gasteiger charge is 2.55. The Morgan fingerprint density at radius 1 is 0.578 bits per heavy atom. The number of imidazole rings is 2. The maximum atomic E-state index is 13.5. The van der Waals surface area contributed by atoms with Crippen LogP contribution < -0.4 is 0 Å². The summed E-state index contributed by atoms with van der Waals surface area (Å²) in [6, 6.07) is 10.7. The number of nitrogens with one attached hydrogen (secondary N) is 1. The summed E-state index contributed by atoms with van der Waals surface area (Å²) in [6.07, 6.45) is 25.8. The first-order valence-corrected chi connectivity index (χ1v) is 27.9. The highest BCUT2D eigenvalue weighted by molar-refractivity contribution is 7.92. The molecule has 64 heavy (non-hydrogen) atoms. The average Bonchev–Trinajstić information content (AvgIpc) is 4.13. The smallest absolute Gasteiger partial charge is 0.269 e. The lowest BCUT2D eigenvalue weighted by Gasteiger charge is -2.52. The summed E-state index contributed by atoms with van der Waals surface area (Å²) >= 11 is 0. The van der Waals surface area contributed by atoms with Gasteiger partial charge in [0.15, 0.2) is 31.0 Å². The molecule has 8 aliphatic rings. The van der Waals surface area contributed by atoms with Crippen molar-refractivity contribution in [1.82, 2.24) is 37.7 Å². The van der Waals surface area contributed by atoms with Crippen molar-refractivity contribution in [3.63, 3.8) is 0 Å². The molecular formula is C47H54N8O6S3. The first-order chi connectivity index (χ1) is 30.6. The molecule has 8 fully saturated rings. The number of H-pyrrole nitrogens is 1. The van der Waals surface area contributed by atoms with Crippen molar-refractivity contribution in [3.05, 3.63) is 90.8 Å². The summed E-state index contributed by atoms with van der Waals surface area (Å²) in [4.78, 5) is 22.1. The molecule has 0 aliphatic heterocycles. The monoisotopic (exact) mass is 922 g/mol. The maximum absolute atomic E-state index is 13.5. The van der Waals surface area contributed by atoms with Gasteiger partial charge in [0.25, 0.3) is 10.0 Å². The van der Waals surface area contributed by atoms with Crippen LogP contribution in [0.3, 0.4) is 0 Å². The van der Waals surface area contributed by atoms with E-state index in [1.54, 1.807) is 42.7 Å². The van der Waals surface area contributed by atoms with Crippen molar-refractivity contribution < 1.29 is 25.3 Å². The molecular weight excluding hydrogens is 869 g/mol. The molecule has 7 aromatic rings. The molecule has 336 valence electrons. The molecule has 14 nitrogen and oxygen atoms in total. The molecule has 0 atom stereocenters. The van der Waals surface area contributed by atoms with Gasteiger partial charge in [0.1, 0.15) is 11.6 Å². The van der Waals surface area contributed by atoms with E-state index in [4.69, 9.17) is 9.97 Å². The van der Waals surface area contributed by atoms with Gasteiger partial charge in [0, 0.05) is 23.2 Å². The van der Waals surface area contributed by atoms with Crippen molar-refractivity contribution in [2.75, 3.05) is 11.5 Å². The lowest BCUT2D eigenvalue weighted by molar-refractivity contribution is 0.0530. The molecule has 0 amide bonds. The van der Waals surface area contributed by atoms with Gasteiger partial charge in [-0.25, -0.2) is 49.2 Å². The minimum absolute atomic E-state index is 0.0151. The Morgan fingerprint density at radius 3 is 1.55 bits per heavy atom. The summed E-state index contributed by atoms with van der Waals surface area (Å²) in [5.41, 5.74) is 5.77. The number of nitrogens with zero attached hydrogens (tertiary/aromatic N) is 7. The fourth-order valence-electron chi connectivity index (χ4n) is 12.3. The zero-order chi connectivity index (χ0) is 43.9. The van der Waals surface area contributed by atoms with E-state index < -0.39 is 29.7 Å². The first kappa shape index (κ1) is 40.9. The molecule has 0 spiro atoms. The van der Waals surface area contributed by atoms with Crippen molar-refractivity contribution in [2.24, 2.45) is 10.8 Å². The van der Waals surface area contributed by atoms with Gasteiger partial charge in [0.2, 0.25) is 0 Å². The minimum atomic E-state index is -3.81. The van der Waals surface area contributed by atoms with E-state index in [9.17, 15) is 25.3 Å². The Labute approximate surface area is 373 Å². The van der Waals surface area contributed by atoms with E-state index in [0.29, 0.717) is 22.7 Å². The Bertz CT molecular complexity index is 3310. The largest absolute Gasteiger partial charge is 0.345 e. The molecule has 1 N–H and O–H groups in total. The van der Waals surface area contributed by atoms with Crippen LogP contribution in [0.25, 0.3) is 33.4 Å². The molecule has 0 unspecified atom stereocenters. The van der Waals surface area contributed by atoms with E-state index >= 15 is 0 Å². The number of hydrogen-bond acceptors (Lipinski definition) is 10. The Morgan fingerprint density at radius 2 is 1.05 bits per heavy atom. The number of hydrogen-bond donors (Lipinski definition) is 1. The molecule has 8 saturated carbocycles. The van der Waals surface area contributed by atoms with Gasteiger partial charge < -0.3 is 4.98 Å². The van der Waals surface area contributed by atoms with Gasteiger partial charge in [-0.05, 0) is 145 Å². The van der Waals surface area contributed by atoms with Crippen molar-refractivity contribution >= 4 is 63.1 Å². The third-order valence-electron chi connectivity index (χ3n) is 16.6. The van der Waals surface area contributed by atoms with Crippen LogP contribution in [0.15, 0.2) is 78.5 Å². The zero-order valence-electron chi connectivity index (χ0n) is 36.1. The van der Waals surface area contributed by atoms with E-state index in [1.807, 2.05) is 31.7 Å². The summed E-state index contributed by atoms with van der Waals surface area (Å²) in [5.74, 6) is 2.83. The number of sulfone groups is 2. The predicted octanol–water partition coefficient (Wildman–Crippen LogP) is 7.78. The summed E-state index contributed by atoms with van der Waals surface area (Å²) < 4.78 is 83.3. The van der Waals surface area contributed by atoms with Crippen LogP contribution in [0.5, 0.6) is 0 Å². The number of benzene rings is 1. The van der Waals surface area contributed by atoms with E-state index in [-0.39, 0.29) is 37.1 Å². The van der Waals surface area contributed by atoms with Crippen LogP contribution in [-0.2, 0) is 40.5 Å². The fourth-order valence-corrected chi connectivity index (χ4v) is 18.4. The predicted molar refractivity (Wildman–Crippen MR) is 244 cm³/mol. The molecule has 8 aliphatic carbocycles. The van der Waals surface area contributed by atoms with Crippen LogP contribution in [-0.4, -0.2) is 85.0 Å². The van der Waals surface area contributed by atoms with Crippen LogP contribution >= 0.6 is 0 Å². The summed E-state index contributed by atoms with van der Waals surface area (Å²) in [7, 11) is -9.70. The normalized spacial score (nSPS) is 28.3. The molecule has 1 aromatic carbocycles. The highest BCUT2D eigenvalue weighted by atomic mass is 32.2. The second kappa shape index (κ2) is 14.0. The van der Waals surface area contributed by atoms with Gasteiger partial charge >= 0.3 is 0 Å². The Balaban J connectivity index is 0.000000142. The van der Waals surface area contributed by atoms with E-state index in [2.05, 4.69) is 29.8 Å². The quantitative estimate of drug-likeness (QED) is 0.142. The maximum Gasteiger partial charge on any atom is 0.269 e. The van der Waals surface area contributed by atoms with Gasteiger partial charge in [-0.15, -0.1) is 0 Å². The fraction of sp³-hybridized carbons (Fsp3) is 0.532. The molecule has 0 radical (unpaired) electrons. The highest BCUT2D eigenvalue weighted by Crippen LogP contribution is 2.60. The van der Waals surface area contributed by atoms with Gasteiger partial charge in [0.05, 0.1) is 73.8 Å². The molecule has 15 rings (SSSR count). The average molecular weight is 923 g/mol. The second-order valence-corrected chi connectivity index (χ2v) is 27.0. The molecule has 4 bridgehead atoms. The van der Waals surface area contributed by atoms with Crippen molar-refractivity contribution in [2.45, 2.75) is 136 Å². The standard InChI is InChI=1S/C27H30N4O4S2.C20H24N4O2S/c1-19-2-4-22(5-3-19)37(34,35)30-15-8-23-24(30)28-16-20-17-29-25(31(20)23)27-12-9-26(10-13-27,11-14-27)18-36(32,33)21-6-7-21;25-27(26,15-1-2-15)13-19-4-7-20(8-5-19,9-6-19)18-23-12-14-11-22-17-16(24(14)18)3-10-21-17/h2-5,8,15-17,21H,6-7,9-14,18H2,1H3;3,10-12,15,21H,1-2,4-9,13H2. The molecule has 0 saturated heterocycles. The van der Waals surface area contributed by atoms with E-state index in [1.165, 1.54) is 3.97 Å². The Kier molecular flexibility index (Phi) is 8.91. The van der Waals surface area contributed by atoms with Gasteiger partial charge in [-0.3, -0.25) is 8.80 Å². The van der Waals surface area contributed by atoms with Crippen LogP contribution in [0.4, 0.5) is 0 Å². The van der Waals surface area contributed by atoms with Crippen LogP contribution in [0.2, 0.25) is 0 Å². The van der Waals surface area contributed by atoms with Crippen LogP contribution in [0, 0.1) is 17.8 Å². The molecule has 17 heteroatoms. The minimum Gasteiger partial charge on any atom is -0.345 e. The zero-order valence-corrected chi connectivity index (χ0v) is 38.6. The number of rotatable bonds is 10. The van der Waals surface area contributed by atoms with Crippen LogP contribution in [0.1, 0.15) is 120 Å². The lowest BCUT2D eigenvalue weighted by Crippen LogP contribution is -2.48. The third kappa shape index (κ3) is 6.44. The SMILES string of the molecule is Cc1ccc(S(=O)(=O)n2ccc3c2ncc2cnc(C45CCC(CS(=O)(=O)C6CC6)(CC4)CC5)n23)cc1.O=S(=O)(CC12CCC(c3ncc4cnc5[nH]ccc5n34)(CC1)CC2)C1CC1. The number of aromatic nitrogens is 8. The Hall–Kier alpha value is -4.61. The summed E-state index contributed by atoms with van der Waals surface area (Å²) in [5, 5.41) is -0.140. The molecule has 6 aromatic heterocycles. The first-order valence-electron chi connectivity index (χ1n) is 23.0. The van der Waals surface area contributed by atoms with Gasteiger partial charge in [-0.1, -0.05) is 17.7 Å². The van der Waals surface area contributed by atoms with Crippen molar-refractivity contribution in [1.29, 1.82) is 0 Å². The number of aryl methyl sites for hydroxylation is 1. The number of aromatic amines is 1. The van der Waals surface area contributed by atoms with E-state index in [0.717, 1.165) is 142 Å². The summed E-state index contributed by atoms with van der Waals surface area (Å²) in [6.45, 7) is 1.92. The second-order valence-electron chi connectivity index (χ2n) is 20.6. The lowest BCUT2D eigenvalue weighted by atomic mass is 9.54.